The van der Waals surface area contributed by atoms with Crippen LogP contribution >= 0.6 is 0 Å². The molecule has 0 aromatic heterocycles. The topological polar surface area (TPSA) is 69.6 Å². The Hall–Kier alpha value is -1.46. The monoisotopic (exact) mass is 283 g/mol. The normalized spacial score (nSPS) is 13.2. The third-order valence-electron chi connectivity index (χ3n) is 2.84. The number of aromatic carboxylic acids is 1. The minimum atomic E-state index is -1.08. The SMILES string of the molecule is CC(C)(C)CC(O)CNCc1cc(C(=O)O)ccc1F. The lowest BCUT2D eigenvalue weighted by molar-refractivity contribution is 0.0696. The van der Waals surface area contributed by atoms with Crippen molar-refractivity contribution in [3.63, 3.8) is 0 Å². The van der Waals surface area contributed by atoms with E-state index in [1.54, 1.807) is 0 Å². The summed E-state index contributed by atoms with van der Waals surface area (Å²) in [5.74, 6) is -1.54. The number of aliphatic hydroxyl groups is 1. The maximum Gasteiger partial charge on any atom is 0.335 e. The van der Waals surface area contributed by atoms with E-state index in [2.05, 4.69) is 5.32 Å². The Morgan fingerprint density at radius 2 is 2.05 bits per heavy atom. The number of carboxylic acid groups (broad SMARTS) is 1. The fourth-order valence-electron chi connectivity index (χ4n) is 2.00. The quantitative estimate of drug-likeness (QED) is 0.750. The van der Waals surface area contributed by atoms with Crippen LogP contribution in [0.25, 0.3) is 0 Å². The number of carboxylic acids is 1. The number of nitrogens with one attached hydrogen (secondary N) is 1. The van der Waals surface area contributed by atoms with E-state index >= 15 is 0 Å². The molecule has 0 saturated carbocycles. The van der Waals surface area contributed by atoms with Gasteiger partial charge < -0.3 is 15.5 Å². The van der Waals surface area contributed by atoms with Gasteiger partial charge in [0.25, 0.3) is 0 Å². The molecule has 0 saturated heterocycles. The van der Waals surface area contributed by atoms with Crippen LogP contribution in [-0.2, 0) is 6.54 Å². The Morgan fingerprint density at radius 1 is 1.40 bits per heavy atom. The number of carbonyl (C=O) groups is 1. The lowest BCUT2D eigenvalue weighted by atomic mass is 9.89. The summed E-state index contributed by atoms with van der Waals surface area (Å²) in [6, 6.07) is 3.68. The van der Waals surface area contributed by atoms with Crippen LogP contribution in [0.15, 0.2) is 18.2 Å². The van der Waals surface area contributed by atoms with E-state index in [9.17, 15) is 14.3 Å². The molecule has 1 atom stereocenters. The minimum Gasteiger partial charge on any atom is -0.478 e. The lowest BCUT2D eigenvalue weighted by Gasteiger charge is -2.22. The van der Waals surface area contributed by atoms with Crippen LogP contribution in [0.1, 0.15) is 43.1 Å². The molecule has 3 N–H and O–H groups in total. The van der Waals surface area contributed by atoms with Crippen molar-refractivity contribution in [2.24, 2.45) is 5.41 Å². The Morgan fingerprint density at radius 3 is 2.60 bits per heavy atom. The molecule has 0 radical (unpaired) electrons. The Balaban J connectivity index is 2.53. The smallest absolute Gasteiger partial charge is 0.335 e. The van der Waals surface area contributed by atoms with Gasteiger partial charge in [-0.3, -0.25) is 0 Å². The minimum absolute atomic E-state index is 0.0234. The van der Waals surface area contributed by atoms with Gasteiger partial charge >= 0.3 is 5.97 Å². The summed E-state index contributed by atoms with van der Waals surface area (Å²) in [5, 5.41) is 21.6. The highest BCUT2D eigenvalue weighted by Crippen LogP contribution is 2.20. The lowest BCUT2D eigenvalue weighted by Crippen LogP contribution is -2.30. The summed E-state index contributed by atoms with van der Waals surface area (Å²) in [6.07, 6.45) is 0.123. The first-order chi connectivity index (χ1) is 9.19. The highest BCUT2D eigenvalue weighted by atomic mass is 19.1. The molecular formula is C15H22FNO3. The fourth-order valence-corrected chi connectivity index (χ4v) is 2.00. The van der Waals surface area contributed by atoms with E-state index < -0.39 is 17.9 Å². The van der Waals surface area contributed by atoms with Crippen LogP contribution < -0.4 is 5.32 Å². The molecule has 0 fully saturated rings. The van der Waals surface area contributed by atoms with Crippen LogP contribution in [0.3, 0.4) is 0 Å². The van der Waals surface area contributed by atoms with E-state index in [0.717, 1.165) is 6.07 Å². The predicted molar refractivity (Wildman–Crippen MR) is 75.1 cm³/mol. The van der Waals surface area contributed by atoms with Gasteiger partial charge in [-0.2, -0.15) is 0 Å². The second-order valence-corrected chi connectivity index (χ2v) is 6.16. The molecule has 1 unspecified atom stereocenters. The summed E-state index contributed by atoms with van der Waals surface area (Å²) in [6.45, 7) is 6.63. The van der Waals surface area contributed by atoms with E-state index in [-0.39, 0.29) is 23.1 Å². The maximum atomic E-state index is 13.5. The Labute approximate surface area is 118 Å². The molecule has 4 nitrogen and oxygen atoms in total. The molecule has 1 aromatic rings. The number of hydrogen-bond donors (Lipinski definition) is 3. The molecule has 112 valence electrons. The molecule has 5 heteroatoms. The molecule has 0 spiro atoms. The van der Waals surface area contributed by atoms with Gasteiger partial charge in [0.2, 0.25) is 0 Å². The molecule has 0 aliphatic carbocycles. The summed E-state index contributed by atoms with van der Waals surface area (Å²) < 4.78 is 13.5. The second kappa shape index (κ2) is 6.81. The number of rotatable bonds is 6. The number of halogens is 1. The first kappa shape index (κ1) is 16.6. The van der Waals surface area contributed by atoms with E-state index in [1.807, 2.05) is 20.8 Å². The van der Waals surface area contributed by atoms with Crippen molar-refractivity contribution in [2.45, 2.75) is 39.8 Å². The van der Waals surface area contributed by atoms with Crippen molar-refractivity contribution in [1.29, 1.82) is 0 Å². The molecule has 0 aliphatic heterocycles. The first-order valence-corrected chi connectivity index (χ1v) is 6.59. The van der Waals surface area contributed by atoms with Gasteiger partial charge in [-0.25, -0.2) is 9.18 Å². The Bertz CT molecular complexity index is 469. The summed E-state index contributed by atoms with van der Waals surface area (Å²) in [7, 11) is 0. The molecule has 1 aromatic carbocycles. The maximum absolute atomic E-state index is 13.5. The zero-order valence-corrected chi connectivity index (χ0v) is 12.1. The standard InChI is InChI=1S/C15H22FNO3/c1-15(2,3)7-12(18)9-17-8-11-6-10(14(19)20)4-5-13(11)16/h4-6,12,17-18H,7-9H2,1-3H3,(H,19,20). The molecule has 0 bridgehead atoms. The second-order valence-electron chi connectivity index (χ2n) is 6.16. The highest BCUT2D eigenvalue weighted by molar-refractivity contribution is 5.87. The highest BCUT2D eigenvalue weighted by Gasteiger charge is 2.16. The molecule has 20 heavy (non-hydrogen) atoms. The number of benzene rings is 1. The largest absolute Gasteiger partial charge is 0.478 e. The van der Waals surface area contributed by atoms with Crippen LogP contribution in [0.4, 0.5) is 4.39 Å². The summed E-state index contributed by atoms with van der Waals surface area (Å²) >= 11 is 0. The van der Waals surface area contributed by atoms with E-state index in [4.69, 9.17) is 5.11 Å². The van der Waals surface area contributed by atoms with Gasteiger partial charge in [-0.15, -0.1) is 0 Å². The van der Waals surface area contributed by atoms with Gasteiger partial charge in [0.1, 0.15) is 5.82 Å². The van der Waals surface area contributed by atoms with Crippen molar-refractivity contribution in [1.82, 2.24) is 5.32 Å². The predicted octanol–water partition coefficient (Wildman–Crippen LogP) is 2.41. The average molecular weight is 283 g/mol. The molecule has 1 rings (SSSR count). The van der Waals surface area contributed by atoms with Gasteiger partial charge in [0.05, 0.1) is 11.7 Å². The van der Waals surface area contributed by atoms with Crippen molar-refractivity contribution >= 4 is 5.97 Å². The van der Waals surface area contributed by atoms with Crippen LogP contribution in [0, 0.1) is 11.2 Å². The van der Waals surface area contributed by atoms with Gasteiger partial charge in [-0.05, 0) is 30.0 Å². The van der Waals surface area contributed by atoms with Crippen molar-refractivity contribution < 1.29 is 19.4 Å². The third kappa shape index (κ3) is 5.67. The fraction of sp³-hybridized carbons (Fsp3) is 0.533. The third-order valence-corrected chi connectivity index (χ3v) is 2.84. The number of aliphatic hydroxyl groups excluding tert-OH is 1. The summed E-state index contributed by atoms with van der Waals surface area (Å²) in [5.41, 5.74) is 0.363. The van der Waals surface area contributed by atoms with Crippen molar-refractivity contribution in [2.75, 3.05) is 6.54 Å². The zero-order chi connectivity index (χ0) is 15.3. The zero-order valence-electron chi connectivity index (χ0n) is 12.1. The van der Waals surface area contributed by atoms with Crippen molar-refractivity contribution in [3.8, 4) is 0 Å². The van der Waals surface area contributed by atoms with Crippen LogP contribution in [0.5, 0.6) is 0 Å². The molecule has 0 amide bonds. The first-order valence-electron chi connectivity index (χ1n) is 6.59. The molecular weight excluding hydrogens is 261 g/mol. The van der Waals surface area contributed by atoms with Gasteiger partial charge in [-0.1, -0.05) is 20.8 Å². The van der Waals surface area contributed by atoms with E-state index in [1.165, 1.54) is 12.1 Å². The molecule has 0 heterocycles. The van der Waals surface area contributed by atoms with E-state index in [0.29, 0.717) is 13.0 Å². The Kier molecular flexibility index (Phi) is 5.65. The van der Waals surface area contributed by atoms with Gasteiger partial charge in [0, 0.05) is 18.7 Å². The van der Waals surface area contributed by atoms with Crippen molar-refractivity contribution in [3.05, 3.63) is 35.1 Å². The number of hydrogen-bond acceptors (Lipinski definition) is 3. The van der Waals surface area contributed by atoms with Crippen LogP contribution in [-0.4, -0.2) is 28.8 Å². The van der Waals surface area contributed by atoms with Gasteiger partial charge in [0.15, 0.2) is 0 Å². The summed E-state index contributed by atoms with van der Waals surface area (Å²) in [4.78, 5) is 10.8. The average Bonchev–Trinajstić information content (AvgIpc) is 2.28. The van der Waals surface area contributed by atoms with Crippen LogP contribution in [0.2, 0.25) is 0 Å². The molecule has 0 aliphatic rings.